The van der Waals surface area contributed by atoms with E-state index in [4.69, 9.17) is 9.63 Å². The van der Waals surface area contributed by atoms with Crippen molar-refractivity contribution in [3.8, 4) is 17.0 Å². The Hall–Kier alpha value is -1.82. The van der Waals surface area contributed by atoms with E-state index in [0.717, 1.165) is 10.0 Å². The molecule has 2 aromatic rings. The first-order chi connectivity index (χ1) is 8.41. The summed E-state index contributed by atoms with van der Waals surface area (Å²) in [7, 11) is 0. The Bertz CT molecular complexity index is 633. The molecule has 94 valence electrons. The van der Waals surface area contributed by atoms with Crippen molar-refractivity contribution in [3.63, 3.8) is 0 Å². The van der Waals surface area contributed by atoms with Crippen LogP contribution in [-0.4, -0.2) is 21.3 Å². The summed E-state index contributed by atoms with van der Waals surface area (Å²) in [6, 6.07) is 3.07. The predicted octanol–water partition coefficient (Wildman–Crippen LogP) is 3.12. The van der Waals surface area contributed by atoms with Gasteiger partial charge in [0, 0.05) is 21.7 Å². The molecule has 0 fully saturated rings. The van der Waals surface area contributed by atoms with E-state index in [1.807, 2.05) is 0 Å². The first-order valence-corrected chi connectivity index (χ1v) is 5.90. The highest BCUT2D eigenvalue weighted by Crippen LogP contribution is 2.37. The molecular weight excluding hydrogens is 302 g/mol. The van der Waals surface area contributed by atoms with E-state index in [1.54, 1.807) is 19.9 Å². The molecule has 0 unspecified atom stereocenters. The minimum absolute atomic E-state index is 0.160. The molecule has 0 saturated carbocycles. The minimum Gasteiger partial charge on any atom is -0.507 e. The average molecular weight is 312 g/mol. The number of benzene rings is 1. The van der Waals surface area contributed by atoms with E-state index >= 15 is 0 Å². The van der Waals surface area contributed by atoms with Crippen molar-refractivity contribution >= 4 is 21.9 Å². The maximum absolute atomic E-state index is 10.7. The number of carboxylic acid groups (broad SMARTS) is 1. The number of aryl methyl sites for hydroxylation is 1. The van der Waals surface area contributed by atoms with Gasteiger partial charge in [-0.25, -0.2) is 4.79 Å². The molecule has 1 heterocycles. The van der Waals surface area contributed by atoms with Crippen LogP contribution in [0.15, 0.2) is 21.1 Å². The molecule has 0 aliphatic heterocycles. The highest BCUT2D eigenvalue weighted by Gasteiger charge is 2.18. The molecule has 0 bridgehead atoms. The van der Waals surface area contributed by atoms with E-state index < -0.39 is 5.97 Å². The van der Waals surface area contributed by atoms with Crippen molar-refractivity contribution in [2.24, 2.45) is 0 Å². The van der Waals surface area contributed by atoms with Crippen LogP contribution in [0.2, 0.25) is 0 Å². The third-order valence-electron chi connectivity index (χ3n) is 2.66. The van der Waals surface area contributed by atoms with Crippen LogP contribution in [0.3, 0.4) is 0 Å². The number of rotatable bonds is 2. The van der Waals surface area contributed by atoms with Gasteiger partial charge in [-0.3, -0.25) is 0 Å². The lowest BCUT2D eigenvalue weighted by Gasteiger charge is -2.10. The van der Waals surface area contributed by atoms with Crippen LogP contribution in [-0.2, 0) is 0 Å². The SMILES string of the molecule is Cc1cc(Br)c(-c2cc(C(=O)O)on2)c(C)c1O. The predicted molar refractivity (Wildman–Crippen MR) is 67.7 cm³/mol. The quantitative estimate of drug-likeness (QED) is 0.890. The third kappa shape index (κ3) is 1.99. The highest BCUT2D eigenvalue weighted by molar-refractivity contribution is 9.10. The summed E-state index contributed by atoms with van der Waals surface area (Å²) < 4.78 is 5.43. The van der Waals surface area contributed by atoms with Gasteiger partial charge in [-0.05, 0) is 25.5 Å². The van der Waals surface area contributed by atoms with Gasteiger partial charge in [0.25, 0.3) is 0 Å². The second kappa shape index (κ2) is 4.45. The smallest absolute Gasteiger partial charge is 0.374 e. The normalized spacial score (nSPS) is 10.6. The maximum Gasteiger partial charge on any atom is 0.374 e. The average Bonchev–Trinajstić information content (AvgIpc) is 2.75. The number of aromatic carboxylic acids is 1. The van der Waals surface area contributed by atoms with Crippen LogP contribution in [0.4, 0.5) is 0 Å². The molecule has 1 aromatic carbocycles. The zero-order valence-corrected chi connectivity index (χ0v) is 11.3. The Labute approximate surface area is 111 Å². The van der Waals surface area contributed by atoms with Gasteiger partial charge in [-0.15, -0.1) is 0 Å². The van der Waals surface area contributed by atoms with E-state index in [1.165, 1.54) is 6.07 Å². The summed E-state index contributed by atoms with van der Waals surface area (Å²) >= 11 is 3.37. The minimum atomic E-state index is -1.18. The number of aromatic nitrogens is 1. The van der Waals surface area contributed by atoms with E-state index in [0.29, 0.717) is 16.8 Å². The van der Waals surface area contributed by atoms with Crippen LogP contribution in [0.25, 0.3) is 11.3 Å². The molecule has 2 N–H and O–H groups in total. The molecule has 1 aromatic heterocycles. The molecule has 0 saturated heterocycles. The lowest BCUT2D eigenvalue weighted by Crippen LogP contribution is -1.92. The Kier molecular flexibility index (Phi) is 3.13. The Morgan fingerprint density at radius 2 is 2.06 bits per heavy atom. The van der Waals surface area contributed by atoms with Crippen LogP contribution in [0, 0.1) is 13.8 Å². The first-order valence-electron chi connectivity index (χ1n) is 5.11. The molecule has 0 aliphatic carbocycles. The lowest BCUT2D eigenvalue weighted by molar-refractivity contribution is 0.0652. The first kappa shape index (κ1) is 12.6. The summed E-state index contributed by atoms with van der Waals surface area (Å²) in [6.07, 6.45) is 0. The van der Waals surface area contributed by atoms with Gasteiger partial charge >= 0.3 is 5.97 Å². The number of hydrogen-bond acceptors (Lipinski definition) is 4. The lowest BCUT2D eigenvalue weighted by atomic mass is 10.0. The highest BCUT2D eigenvalue weighted by atomic mass is 79.9. The fraction of sp³-hybridized carbons (Fsp3) is 0.167. The summed E-state index contributed by atoms with van der Waals surface area (Å²) in [6.45, 7) is 3.51. The number of aromatic hydroxyl groups is 1. The monoisotopic (exact) mass is 311 g/mol. The van der Waals surface area contributed by atoms with Crippen LogP contribution in [0.1, 0.15) is 21.7 Å². The summed E-state index contributed by atoms with van der Waals surface area (Å²) in [5.41, 5.74) is 2.33. The molecular formula is C12H10BrNO4. The number of halogens is 1. The summed E-state index contributed by atoms with van der Waals surface area (Å²) in [5.74, 6) is -1.26. The summed E-state index contributed by atoms with van der Waals surface area (Å²) in [4.78, 5) is 10.7. The topological polar surface area (TPSA) is 83.6 Å². The van der Waals surface area contributed by atoms with Crippen molar-refractivity contribution < 1.29 is 19.5 Å². The van der Waals surface area contributed by atoms with Gasteiger partial charge in [0.05, 0.1) is 0 Å². The van der Waals surface area contributed by atoms with Crippen LogP contribution < -0.4 is 0 Å². The molecule has 0 aliphatic rings. The Morgan fingerprint density at radius 1 is 1.39 bits per heavy atom. The molecule has 0 radical (unpaired) electrons. The second-order valence-corrected chi connectivity index (χ2v) is 4.76. The molecule has 5 nitrogen and oxygen atoms in total. The van der Waals surface area contributed by atoms with E-state index in [9.17, 15) is 9.90 Å². The van der Waals surface area contributed by atoms with Gasteiger partial charge in [-0.1, -0.05) is 21.1 Å². The number of carbonyl (C=O) groups is 1. The van der Waals surface area contributed by atoms with E-state index in [-0.39, 0.29) is 11.5 Å². The number of phenols is 1. The third-order valence-corrected chi connectivity index (χ3v) is 3.29. The van der Waals surface area contributed by atoms with Gasteiger partial charge in [0.15, 0.2) is 0 Å². The van der Waals surface area contributed by atoms with Crippen molar-refractivity contribution in [2.45, 2.75) is 13.8 Å². The fourth-order valence-corrected chi connectivity index (χ4v) is 2.58. The molecule has 6 heteroatoms. The Balaban J connectivity index is 2.63. The van der Waals surface area contributed by atoms with Gasteiger partial charge < -0.3 is 14.7 Å². The van der Waals surface area contributed by atoms with E-state index in [2.05, 4.69) is 21.1 Å². The number of hydrogen-bond donors (Lipinski definition) is 2. The van der Waals surface area contributed by atoms with Gasteiger partial charge in [0.1, 0.15) is 11.4 Å². The van der Waals surface area contributed by atoms with Crippen molar-refractivity contribution in [1.82, 2.24) is 5.16 Å². The summed E-state index contributed by atoms with van der Waals surface area (Å²) in [5, 5.41) is 22.4. The molecule has 0 atom stereocenters. The van der Waals surface area contributed by atoms with Crippen LogP contribution >= 0.6 is 15.9 Å². The maximum atomic E-state index is 10.7. The number of nitrogens with zero attached hydrogens (tertiary/aromatic N) is 1. The van der Waals surface area contributed by atoms with Crippen molar-refractivity contribution in [3.05, 3.63) is 33.5 Å². The number of phenolic OH excluding ortho intramolecular Hbond substituents is 1. The van der Waals surface area contributed by atoms with Gasteiger partial charge in [-0.2, -0.15) is 0 Å². The van der Waals surface area contributed by atoms with Gasteiger partial charge in [0.2, 0.25) is 5.76 Å². The zero-order valence-electron chi connectivity index (χ0n) is 9.69. The second-order valence-electron chi connectivity index (χ2n) is 3.91. The van der Waals surface area contributed by atoms with Crippen LogP contribution in [0.5, 0.6) is 5.75 Å². The molecule has 0 amide bonds. The van der Waals surface area contributed by atoms with Crippen molar-refractivity contribution in [1.29, 1.82) is 0 Å². The van der Waals surface area contributed by atoms with Crippen molar-refractivity contribution in [2.75, 3.05) is 0 Å². The number of carboxylic acids is 1. The molecule has 0 spiro atoms. The molecule has 2 rings (SSSR count). The zero-order chi connectivity index (χ0) is 13.4. The largest absolute Gasteiger partial charge is 0.507 e. The Morgan fingerprint density at radius 3 is 2.61 bits per heavy atom. The fourth-order valence-electron chi connectivity index (χ4n) is 1.73. The molecule has 18 heavy (non-hydrogen) atoms. The standard InChI is InChI=1S/C12H10BrNO4/c1-5-3-7(13)10(6(2)11(5)15)8-4-9(12(16)17)18-14-8/h3-4,15H,1-2H3,(H,16,17).